The zero-order valence-electron chi connectivity index (χ0n) is 14.8. The van der Waals surface area contributed by atoms with Crippen LogP contribution >= 0.6 is 0 Å². The van der Waals surface area contributed by atoms with Gasteiger partial charge in [-0.25, -0.2) is 8.42 Å². The molecule has 1 aliphatic heterocycles. The maximum Gasteiger partial charge on any atom is 0.252 e. The van der Waals surface area contributed by atoms with Gasteiger partial charge < -0.3 is 11.1 Å². The van der Waals surface area contributed by atoms with Crippen molar-refractivity contribution in [3.05, 3.63) is 29.3 Å². The summed E-state index contributed by atoms with van der Waals surface area (Å²) in [7, 11) is -3.67. The second-order valence-electron chi connectivity index (χ2n) is 6.53. The molecular formula is C17H25N3O4S. The van der Waals surface area contributed by atoms with E-state index in [1.165, 1.54) is 23.4 Å². The first kappa shape index (κ1) is 19.4. The Bertz CT molecular complexity index is 776. The third kappa shape index (κ3) is 4.19. The fourth-order valence-corrected chi connectivity index (χ4v) is 4.64. The molecule has 1 heterocycles. The number of hydrogen-bond donors (Lipinski definition) is 2. The van der Waals surface area contributed by atoms with Gasteiger partial charge in [0.25, 0.3) is 5.91 Å². The number of sulfonamides is 1. The summed E-state index contributed by atoms with van der Waals surface area (Å²) in [6.07, 6.45) is 2.67. The van der Waals surface area contributed by atoms with E-state index in [9.17, 15) is 18.0 Å². The Morgan fingerprint density at radius 1 is 1.32 bits per heavy atom. The molecule has 138 valence electrons. The summed E-state index contributed by atoms with van der Waals surface area (Å²) >= 11 is 0. The Morgan fingerprint density at radius 3 is 2.60 bits per heavy atom. The number of nitrogens with one attached hydrogen (secondary N) is 1. The number of primary amides is 1. The van der Waals surface area contributed by atoms with E-state index in [1.807, 2.05) is 6.92 Å². The molecular weight excluding hydrogens is 342 g/mol. The van der Waals surface area contributed by atoms with E-state index in [-0.39, 0.29) is 16.5 Å². The molecule has 2 rings (SSSR count). The quantitative estimate of drug-likeness (QED) is 0.814. The molecule has 7 nitrogen and oxygen atoms in total. The molecule has 0 saturated carbocycles. The number of nitrogens with two attached hydrogens (primary N) is 1. The van der Waals surface area contributed by atoms with Crippen LogP contribution in [0.15, 0.2) is 23.1 Å². The number of aryl methyl sites for hydroxylation is 1. The van der Waals surface area contributed by atoms with Crippen LogP contribution < -0.4 is 11.1 Å². The van der Waals surface area contributed by atoms with Crippen LogP contribution in [0.3, 0.4) is 0 Å². The lowest BCUT2D eigenvalue weighted by molar-refractivity contribution is -0.119. The molecule has 1 saturated heterocycles. The second-order valence-corrected chi connectivity index (χ2v) is 8.43. The summed E-state index contributed by atoms with van der Waals surface area (Å²) in [5, 5.41) is 2.48. The van der Waals surface area contributed by atoms with Crippen LogP contribution in [-0.2, 0) is 14.8 Å². The maximum atomic E-state index is 12.9. The van der Waals surface area contributed by atoms with Crippen LogP contribution in [0.1, 0.15) is 49.0 Å². The first-order chi connectivity index (χ1) is 11.6. The molecule has 2 amide bonds. The molecule has 1 aromatic carbocycles. The van der Waals surface area contributed by atoms with Crippen molar-refractivity contribution in [3.8, 4) is 0 Å². The first-order valence-electron chi connectivity index (χ1n) is 8.37. The first-order valence-corrected chi connectivity index (χ1v) is 9.81. The van der Waals surface area contributed by atoms with E-state index < -0.39 is 27.9 Å². The van der Waals surface area contributed by atoms with Crippen LogP contribution in [0.2, 0.25) is 0 Å². The lowest BCUT2D eigenvalue weighted by Gasteiger charge is -2.32. The lowest BCUT2D eigenvalue weighted by atomic mass is 10.1. The SMILES string of the molecule is Cc1ccc(S(=O)(=O)N2CCCCC2C)cc1C(=O)NC(C)C(N)=O. The van der Waals surface area contributed by atoms with Crippen molar-refractivity contribution in [3.63, 3.8) is 0 Å². The van der Waals surface area contributed by atoms with Crippen LogP contribution in [0.25, 0.3) is 0 Å². The number of carbonyl (C=O) groups excluding carboxylic acids is 2. The molecule has 0 aliphatic carbocycles. The third-order valence-corrected chi connectivity index (χ3v) is 6.59. The van der Waals surface area contributed by atoms with Crippen LogP contribution in [0, 0.1) is 6.92 Å². The molecule has 25 heavy (non-hydrogen) atoms. The molecule has 1 aliphatic rings. The van der Waals surface area contributed by atoms with Gasteiger partial charge in [0.1, 0.15) is 6.04 Å². The Balaban J connectivity index is 2.34. The Labute approximate surface area is 148 Å². The number of rotatable bonds is 5. The Morgan fingerprint density at radius 2 is 2.00 bits per heavy atom. The van der Waals surface area contributed by atoms with E-state index in [0.29, 0.717) is 12.1 Å². The number of benzene rings is 1. The maximum absolute atomic E-state index is 12.9. The summed E-state index contributed by atoms with van der Waals surface area (Å²) in [6, 6.07) is 3.59. The van der Waals surface area contributed by atoms with Crippen molar-refractivity contribution in [2.75, 3.05) is 6.54 Å². The summed E-state index contributed by atoms with van der Waals surface area (Å²) in [5.41, 5.74) is 6.00. The largest absolute Gasteiger partial charge is 0.368 e. The number of hydrogen-bond acceptors (Lipinski definition) is 4. The van der Waals surface area contributed by atoms with Crippen LogP contribution in [0.4, 0.5) is 0 Å². The molecule has 0 spiro atoms. The van der Waals surface area contributed by atoms with E-state index in [4.69, 9.17) is 5.73 Å². The Kier molecular flexibility index (Phi) is 5.84. The number of amides is 2. The zero-order chi connectivity index (χ0) is 18.8. The molecule has 3 N–H and O–H groups in total. The van der Waals surface area contributed by atoms with E-state index in [1.54, 1.807) is 13.0 Å². The van der Waals surface area contributed by atoms with Crippen molar-refractivity contribution in [1.82, 2.24) is 9.62 Å². The fourth-order valence-electron chi connectivity index (χ4n) is 2.92. The summed E-state index contributed by atoms with van der Waals surface area (Å²) in [4.78, 5) is 23.6. The highest BCUT2D eigenvalue weighted by atomic mass is 32.2. The molecule has 1 aromatic rings. The smallest absolute Gasteiger partial charge is 0.252 e. The van der Waals surface area contributed by atoms with E-state index in [0.717, 1.165) is 19.3 Å². The van der Waals surface area contributed by atoms with Gasteiger partial charge in [-0.2, -0.15) is 4.31 Å². The highest BCUT2D eigenvalue weighted by Crippen LogP contribution is 2.26. The third-order valence-electron chi connectivity index (χ3n) is 4.58. The normalized spacial score (nSPS) is 20.0. The van der Waals surface area contributed by atoms with Gasteiger partial charge >= 0.3 is 0 Å². The van der Waals surface area contributed by atoms with Crippen molar-refractivity contribution < 1.29 is 18.0 Å². The summed E-state index contributed by atoms with van der Waals surface area (Å²) < 4.78 is 27.4. The van der Waals surface area contributed by atoms with Gasteiger partial charge in [0.15, 0.2) is 0 Å². The molecule has 0 bridgehead atoms. The average Bonchev–Trinajstić information content (AvgIpc) is 2.54. The van der Waals surface area contributed by atoms with E-state index in [2.05, 4.69) is 5.32 Å². The van der Waals surface area contributed by atoms with Gasteiger partial charge in [-0.1, -0.05) is 12.5 Å². The summed E-state index contributed by atoms with van der Waals surface area (Å²) in [6.45, 7) is 5.57. The highest BCUT2D eigenvalue weighted by Gasteiger charge is 2.31. The molecule has 0 radical (unpaired) electrons. The molecule has 2 atom stereocenters. The molecule has 1 fully saturated rings. The van der Waals surface area contributed by atoms with E-state index >= 15 is 0 Å². The minimum Gasteiger partial charge on any atom is -0.368 e. The van der Waals surface area contributed by atoms with Crippen molar-refractivity contribution >= 4 is 21.8 Å². The average molecular weight is 367 g/mol. The topological polar surface area (TPSA) is 110 Å². The fraction of sp³-hybridized carbons (Fsp3) is 0.529. The van der Waals surface area contributed by atoms with Crippen LogP contribution in [0.5, 0.6) is 0 Å². The Hall–Kier alpha value is -1.93. The molecule has 0 aromatic heterocycles. The molecule has 2 unspecified atom stereocenters. The number of carbonyl (C=O) groups is 2. The van der Waals surface area contributed by atoms with Gasteiger partial charge in [-0.15, -0.1) is 0 Å². The van der Waals surface area contributed by atoms with Crippen molar-refractivity contribution in [1.29, 1.82) is 0 Å². The van der Waals surface area contributed by atoms with Gasteiger partial charge in [-0.3, -0.25) is 9.59 Å². The highest BCUT2D eigenvalue weighted by molar-refractivity contribution is 7.89. The second kappa shape index (κ2) is 7.53. The molecule has 8 heteroatoms. The van der Waals surface area contributed by atoms with Gasteiger partial charge in [0.05, 0.1) is 4.90 Å². The number of piperidine rings is 1. The zero-order valence-corrected chi connectivity index (χ0v) is 15.6. The van der Waals surface area contributed by atoms with Gasteiger partial charge in [0, 0.05) is 18.2 Å². The van der Waals surface area contributed by atoms with Crippen LogP contribution in [-0.4, -0.2) is 43.2 Å². The predicted molar refractivity (Wildman–Crippen MR) is 94.5 cm³/mol. The predicted octanol–water partition coefficient (Wildman–Crippen LogP) is 1.16. The van der Waals surface area contributed by atoms with Gasteiger partial charge in [0.2, 0.25) is 15.9 Å². The lowest BCUT2D eigenvalue weighted by Crippen LogP contribution is -2.43. The number of nitrogens with zero attached hydrogens (tertiary/aromatic N) is 1. The van der Waals surface area contributed by atoms with Crippen molar-refractivity contribution in [2.24, 2.45) is 5.73 Å². The standard InChI is InChI=1S/C17H25N3O4S/c1-11-7-8-14(10-15(11)17(22)19-13(3)16(18)21)25(23,24)20-9-5-4-6-12(20)2/h7-8,10,12-13H,4-6,9H2,1-3H3,(H2,18,21)(H,19,22). The van der Waals surface area contributed by atoms with Gasteiger partial charge in [-0.05, 0) is 51.3 Å². The monoisotopic (exact) mass is 367 g/mol. The minimum atomic E-state index is -3.67. The summed E-state index contributed by atoms with van der Waals surface area (Å²) in [5.74, 6) is -1.18. The minimum absolute atomic E-state index is 0.0628. The van der Waals surface area contributed by atoms with Crippen molar-refractivity contribution in [2.45, 2.75) is 57.0 Å².